The Morgan fingerprint density at radius 2 is 1.72 bits per heavy atom. The molecular weight excluding hydrogens is 218 g/mol. The summed E-state index contributed by atoms with van der Waals surface area (Å²) in [4.78, 5) is 0. The molecule has 0 aromatic heterocycles. The average Bonchev–Trinajstić information content (AvgIpc) is 2.47. The van der Waals surface area contributed by atoms with Crippen LogP contribution in [-0.2, 0) is 6.54 Å². The fourth-order valence-electron chi connectivity index (χ4n) is 3.39. The van der Waals surface area contributed by atoms with E-state index in [2.05, 4.69) is 36.4 Å². The summed E-state index contributed by atoms with van der Waals surface area (Å²) in [5.41, 5.74) is 8.83. The zero-order valence-electron chi connectivity index (χ0n) is 10.9. The maximum Gasteiger partial charge on any atom is 0.0181 e. The highest BCUT2D eigenvalue weighted by molar-refractivity contribution is 5.87. The van der Waals surface area contributed by atoms with E-state index < -0.39 is 0 Å². The third kappa shape index (κ3) is 2.04. The molecule has 94 valence electrons. The van der Waals surface area contributed by atoms with Crippen molar-refractivity contribution < 1.29 is 0 Å². The summed E-state index contributed by atoms with van der Waals surface area (Å²) in [5, 5.41) is 2.78. The first-order valence-corrected chi connectivity index (χ1v) is 7.11. The van der Waals surface area contributed by atoms with Gasteiger partial charge in [0, 0.05) is 6.54 Å². The van der Waals surface area contributed by atoms with Gasteiger partial charge in [0.2, 0.25) is 0 Å². The third-order valence-electron chi connectivity index (χ3n) is 4.29. The number of hydrogen-bond donors (Lipinski definition) is 1. The van der Waals surface area contributed by atoms with E-state index in [1.54, 1.807) is 0 Å². The Bertz CT molecular complexity index is 538. The summed E-state index contributed by atoms with van der Waals surface area (Å²) in [5.74, 6) is 0.725. The van der Waals surface area contributed by atoms with Gasteiger partial charge in [-0.3, -0.25) is 0 Å². The quantitative estimate of drug-likeness (QED) is 0.828. The molecule has 1 aliphatic carbocycles. The molecule has 1 heteroatoms. The lowest BCUT2D eigenvalue weighted by atomic mass is 9.80. The first-order valence-electron chi connectivity index (χ1n) is 7.11. The van der Waals surface area contributed by atoms with Gasteiger partial charge in [-0.1, -0.05) is 55.7 Å². The topological polar surface area (TPSA) is 26.0 Å². The standard InChI is InChI=1S/C17H21N/c18-12-15-11-10-13-6-4-5-9-16(13)17(15)14-7-2-1-3-8-14/h4-6,9-11,14H,1-3,7-8,12,18H2. The first-order chi connectivity index (χ1) is 8.90. The van der Waals surface area contributed by atoms with Gasteiger partial charge in [-0.15, -0.1) is 0 Å². The van der Waals surface area contributed by atoms with E-state index in [0.29, 0.717) is 6.54 Å². The minimum absolute atomic E-state index is 0.663. The lowest BCUT2D eigenvalue weighted by Crippen LogP contribution is -2.10. The second kappa shape index (κ2) is 5.11. The molecule has 3 rings (SSSR count). The van der Waals surface area contributed by atoms with Gasteiger partial charge >= 0.3 is 0 Å². The summed E-state index contributed by atoms with van der Waals surface area (Å²) in [6.45, 7) is 0.663. The molecule has 0 aliphatic heterocycles. The summed E-state index contributed by atoms with van der Waals surface area (Å²) in [7, 11) is 0. The predicted molar refractivity (Wildman–Crippen MR) is 77.7 cm³/mol. The molecule has 2 aromatic rings. The van der Waals surface area contributed by atoms with Crippen LogP contribution >= 0.6 is 0 Å². The molecular formula is C17H21N. The van der Waals surface area contributed by atoms with Gasteiger partial charge in [0.05, 0.1) is 0 Å². The summed E-state index contributed by atoms with van der Waals surface area (Å²) in [6, 6.07) is 13.2. The SMILES string of the molecule is NCc1ccc2ccccc2c1C1CCCCC1. The molecule has 0 radical (unpaired) electrons. The normalized spacial score (nSPS) is 17.2. The smallest absolute Gasteiger partial charge is 0.0181 e. The van der Waals surface area contributed by atoms with E-state index >= 15 is 0 Å². The fraction of sp³-hybridized carbons (Fsp3) is 0.412. The van der Waals surface area contributed by atoms with Gasteiger partial charge in [0.15, 0.2) is 0 Å². The summed E-state index contributed by atoms with van der Waals surface area (Å²) in [6.07, 6.45) is 6.82. The van der Waals surface area contributed by atoms with Crippen molar-refractivity contribution in [1.29, 1.82) is 0 Å². The van der Waals surface area contributed by atoms with E-state index in [1.165, 1.54) is 54.0 Å². The second-order valence-corrected chi connectivity index (χ2v) is 5.40. The molecule has 2 N–H and O–H groups in total. The molecule has 1 fully saturated rings. The maximum atomic E-state index is 5.95. The highest BCUT2D eigenvalue weighted by atomic mass is 14.5. The predicted octanol–water partition coefficient (Wildman–Crippen LogP) is 4.35. The Morgan fingerprint density at radius 3 is 2.50 bits per heavy atom. The van der Waals surface area contributed by atoms with Gasteiger partial charge in [0.1, 0.15) is 0 Å². The number of rotatable bonds is 2. The third-order valence-corrected chi connectivity index (χ3v) is 4.29. The molecule has 1 saturated carbocycles. The van der Waals surface area contributed by atoms with Crippen molar-refractivity contribution in [2.45, 2.75) is 44.6 Å². The fourth-order valence-corrected chi connectivity index (χ4v) is 3.39. The molecule has 1 nitrogen and oxygen atoms in total. The van der Waals surface area contributed by atoms with Crippen molar-refractivity contribution in [3.8, 4) is 0 Å². The Kier molecular flexibility index (Phi) is 3.33. The zero-order valence-corrected chi connectivity index (χ0v) is 10.9. The van der Waals surface area contributed by atoms with Crippen LogP contribution in [0.3, 0.4) is 0 Å². The lowest BCUT2D eigenvalue weighted by molar-refractivity contribution is 0.443. The van der Waals surface area contributed by atoms with Crippen molar-refractivity contribution >= 4 is 10.8 Å². The molecule has 1 aliphatic rings. The second-order valence-electron chi connectivity index (χ2n) is 5.40. The van der Waals surface area contributed by atoms with Crippen LogP contribution in [0.25, 0.3) is 10.8 Å². The number of fused-ring (bicyclic) bond motifs is 1. The molecule has 0 heterocycles. The monoisotopic (exact) mass is 239 g/mol. The zero-order chi connectivity index (χ0) is 12.4. The van der Waals surface area contributed by atoms with E-state index in [1.807, 2.05) is 0 Å². The maximum absolute atomic E-state index is 5.95. The van der Waals surface area contributed by atoms with Crippen LogP contribution < -0.4 is 5.73 Å². The molecule has 18 heavy (non-hydrogen) atoms. The largest absolute Gasteiger partial charge is 0.326 e. The highest BCUT2D eigenvalue weighted by Crippen LogP contribution is 2.38. The van der Waals surface area contributed by atoms with Crippen LogP contribution in [-0.4, -0.2) is 0 Å². The van der Waals surface area contributed by atoms with E-state index in [-0.39, 0.29) is 0 Å². The van der Waals surface area contributed by atoms with Crippen molar-refractivity contribution in [3.05, 3.63) is 47.5 Å². The van der Waals surface area contributed by atoms with Crippen molar-refractivity contribution in [2.24, 2.45) is 5.73 Å². The molecule has 0 atom stereocenters. The molecule has 0 bridgehead atoms. The first kappa shape index (κ1) is 11.7. The number of hydrogen-bond acceptors (Lipinski definition) is 1. The molecule has 0 amide bonds. The highest BCUT2D eigenvalue weighted by Gasteiger charge is 2.20. The van der Waals surface area contributed by atoms with Crippen LogP contribution in [0.4, 0.5) is 0 Å². The van der Waals surface area contributed by atoms with E-state index in [0.717, 1.165) is 5.92 Å². The Hall–Kier alpha value is -1.34. The van der Waals surface area contributed by atoms with Crippen molar-refractivity contribution in [3.63, 3.8) is 0 Å². The van der Waals surface area contributed by atoms with Gasteiger partial charge in [-0.05, 0) is 40.7 Å². The minimum Gasteiger partial charge on any atom is -0.326 e. The molecule has 0 spiro atoms. The van der Waals surface area contributed by atoms with Crippen molar-refractivity contribution in [2.75, 3.05) is 0 Å². The lowest BCUT2D eigenvalue weighted by Gasteiger charge is -2.25. The summed E-state index contributed by atoms with van der Waals surface area (Å²) < 4.78 is 0. The Balaban J connectivity index is 2.16. The van der Waals surface area contributed by atoms with Crippen LogP contribution in [0.5, 0.6) is 0 Å². The van der Waals surface area contributed by atoms with Crippen LogP contribution in [0.1, 0.15) is 49.1 Å². The van der Waals surface area contributed by atoms with Crippen LogP contribution in [0.2, 0.25) is 0 Å². The van der Waals surface area contributed by atoms with E-state index in [4.69, 9.17) is 5.73 Å². The Morgan fingerprint density at radius 1 is 0.944 bits per heavy atom. The average molecular weight is 239 g/mol. The van der Waals surface area contributed by atoms with Crippen LogP contribution in [0.15, 0.2) is 36.4 Å². The molecule has 2 aromatic carbocycles. The van der Waals surface area contributed by atoms with Gasteiger partial charge in [0.25, 0.3) is 0 Å². The van der Waals surface area contributed by atoms with Crippen LogP contribution in [0, 0.1) is 0 Å². The van der Waals surface area contributed by atoms with Crippen molar-refractivity contribution in [1.82, 2.24) is 0 Å². The van der Waals surface area contributed by atoms with E-state index in [9.17, 15) is 0 Å². The number of nitrogens with two attached hydrogens (primary N) is 1. The molecule has 0 unspecified atom stereocenters. The molecule has 0 saturated heterocycles. The summed E-state index contributed by atoms with van der Waals surface area (Å²) >= 11 is 0. The van der Waals surface area contributed by atoms with Gasteiger partial charge in [-0.2, -0.15) is 0 Å². The van der Waals surface area contributed by atoms with Gasteiger partial charge < -0.3 is 5.73 Å². The van der Waals surface area contributed by atoms with Gasteiger partial charge in [-0.25, -0.2) is 0 Å². The Labute approximate surface area is 109 Å². The number of benzene rings is 2. The minimum atomic E-state index is 0.663.